The average molecular weight is 298 g/mol. The fourth-order valence-corrected chi connectivity index (χ4v) is 2.93. The molecule has 0 spiro atoms. The second-order valence-electron chi connectivity index (χ2n) is 5.77. The molecular formula is C18H22N2O2. The van der Waals surface area contributed by atoms with Gasteiger partial charge in [0.2, 0.25) is 0 Å². The summed E-state index contributed by atoms with van der Waals surface area (Å²) in [6, 6.07) is 14.5. The molecule has 1 amide bonds. The molecule has 1 N–H and O–H groups in total. The van der Waals surface area contributed by atoms with E-state index in [-0.39, 0.29) is 12.5 Å². The standard InChI is InChI=1S/C18H22N2O2/c1-19-16-7-4-10-20(12-16)18(21)13-22-17-9-8-14-5-2-3-6-15(14)11-17/h2-3,5-6,8-9,11,16,19H,4,7,10,12-13H2,1H3. The SMILES string of the molecule is CNC1CCCN(C(=O)COc2ccc3ccccc3c2)C1. The summed E-state index contributed by atoms with van der Waals surface area (Å²) in [7, 11) is 1.95. The van der Waals surface area contributed by atoms with Gasteiger partial charge in [0.15, 0.2) is 6.61 Å². The van der Waals surface area contributed by atoms with Crippen LogP contribution in [0.25, 0.3) is 10.8 Å². The third-order valence-corrected chi connectivity index (χ3v) is 4.27. The molecule has 0 radical (unpaired) electrons. The third-order valence-electron chi connectivity index (χ3n) is 4.27. The van der Waals surface area contributed by atoms with Crippen molar-refractivity contribution in [2.75, 3.05) is 26.7 Å². The lowest BCUT2D eigenvalue weighted by atomic mass is 10.1. The van der Waals surface area contributed by atoms with Crippen LogP contribution in [0.5, 0.6) is 5.75 Å². The molecule has 116 valence electrons. The van der Waals surface area contributed by atoms with Gasteiger partial charge in [-0.1, -0.05) is 30.3 Å². The Morgan fingerprint density at radius 2 is 2.09 bits per heavy atom. The van der Waals surface area contributed by atoms with Gasteiger partial charge in [0.25, 0.3) is 5.91 Å². The smallest absolute Gasteiger partial charge is 0.260 e. The Balaban J connectivity index is 1.59. The van der Waals surface area contributed by atoms with Crippen LogP contribution in [0.3, 0.4) is 0 Å². The van der Waals surface area contributed by atoms with E-state index in [1.54, 1.807) is 0 Å². The van der Waals surface area contributed by atoms with E-state index in [0.717, 1.165) is 37.1 Å². The quantitative estimate of drug-likeness (QED) is 0.942. The number of likely N-dealkylation sites (N-methyl/N-ethyl adjacent to an activating group) is 1. The van der Waals surface area contributed by atoms with Crippen molar-refractivity contribution in [3.63, 3.8) is 0 Å². The lowest BCUT2D eigenvalue weighted by Crippen LogP contribution is -2.48. The van der Waals surface area contributed by atoms with Gasteiger partial charge in [0.05, 0.1) is 0 Å². The second-order valence-corrected chi connectivity index (χ2v) is 5.77. The molecule has 2 aromatic carbocycles. The Morgan fingerprint density at radius 1 is 1.27 bits per heavy atom. The Kier molecular flexibility index (Phi) is 4.59. The van der Waals surface area contributed by atoms with Gasteiger partial charge >= 0.3 is 0 Å². The number of ether oxygens (including phenoxy) is 1. The first kappa shape index (κ1) is 14.9. The zero-order valence-electron chi connectivity index (χ0n) is 12.9. The zero-order valence-corrected chi connectivity index (χ0v) is 12.9. The molecule has 3 rings (SSSR count). The zero-order chi connectivity index (χ0) is 15.4. The molecule has 1 unspecified atom stereocenters. The van der Waals surface area contributed by atoms with Gasteiger partial charge in [0.1, 0.15) is 5.75 Å². The van der Waals surface area contributed by atoms with Crippen molar-refractivity contribution in [1.82, 2.24) is 10.2 Å². The number of carbonyl (C=O) groups is 1. The van der Waals surface area contributed by atoms with Crippen molar-refractivity contribution in [1.29, 1.82) is 0 Å². The maximum atomic E-state index is 12.3. The van der Waals surface area contributed by atoms with Crippen LogP contribution >= 0.6 is 0 Å². The number of likely N-dealkylation sites (tertiary alicyclic amines) is 1. The lowest BCUT2D eigenvalue weighted by molar-refractivity contribution is -0.134. The van der Waals surface area contributed by atoms with Crippen molar-refractivity contribution in [3.8, 4) is 5.75 Å². The first-order valence-corrected chi connectivity index (χ1v) is 7.83. The number of piperidine rings is 1. The van der Waals surface area contributed by atoms with E-state index in [9.17, 15) is 4.79 Å². The van der Waals surface area contributed by atoms with Crippen LogP contribution in [0.2, 0.25) is 0 Å². The monoisotopic (exact) mass is 298 g/mol. The molecule has 0 bridgehead atoms. The molecule has 0 saturated carbocycles. The Morgan fingerprint density at radius 3 is 2.91 bits per heavy atom. The van der Waals surface area contributed by atoms with E-state index in [1.165, 1.54) is 5.39 Å². The van der Waals surface area contributed by atoms with E-state index >= 15 is 0 Å². The van der Waals surface area contributed by atoms with Crippen molar-refractivity contribution < 1.29 is 9.53 Å². The number of hydrogen-bond donors (Lipinski definition) is 1. The highest BCUT2D eigenvalue weighted by Crippen LogP contribution is 2.20. The molecule has 0 aromatic heterocycles. The molecule has 1 aliphatic rings. The number of hydrogen-bond acceptors (Lipinski definition) is 3. The number of rotatable bonds is 4. The van der Waals surface area contributed by atoms with Gasteiger partial charge in [-0.25, -0.2) is 0 Å². The first-order chi connectivity index (χ1) is 10.8. The fourth-order valence-electron chi connectivity index (χ4n) is 2.93. The minimum atomic E-state index is 0.0631. The molecular weight excluding hydrogens is 276 g/mol. The molecule has 1 saturated heterocycles. The largest absolute Gasteiger partial charge is 0.484 e. The summed E-state index contributed by atoms with van der Waals surface area (Å²) in [5.41, 5.74) is 0. The molecule has 22 heavy (non-hydrogen) atoms. The summed E-state index contributed by atoms with van der Waals surface area (Å²) in [4.78, 5) is 14.2. The van der Waals surface area contributed by atoms with E-state index in [4.69, 9.17) is 4.74 Å². The maximum absolute atomic E-state index is 12.3. The first-order valence-electron chi connectivity index (χ1n) is 7.83. The fraction of sp³-hybridized carbons (Fsp3) is 0.389. The van der Waals surface area contributed by atoms with Gasteiger partial charge < -0.3 is 15.0 Å². The third kappa shape index (κ3) is 3.39. The number of benzene rings is 2. The molecule has 4 nitrogen and oxygen atoms in total. The van der Waals surface area contributed by atoms with Crippen LogP contribution in [-0.2, 0) is 4.79 Å². The number of nitrogens with zero attached hydrogens (tertiary/aromatic N) is 1. The predicted molar refractivity (Wildman–Crippen MR) is 88.1 cm³/mol. The Hall–Kier alpha value is -2.07. The molecule has 2 aromatic rings. The van der Waals surface area contributed by atoms with Gasteiger partial charge in [-0.3, -0.25) is 4.79 Å². The van der Waals surface area contributed by atoms with Crippen molar-refractivity contribution >= 4 is 16.7 Å². The molecule has 1 atom stereocenters. The van der Waals surface area contributed by atoms with Crippen LogP contribution in [0.15, 0.2) is 42.5 Å². The Bertz CT molecular complexity index is 656. The van der Waals surface area contributed by atoms with E-state index in [0.29, 0.717) is 6.04 Å². The van der Waals surface area contributed by atoms with Crippen molar-refractivity contribution in [2.45, 2.75) is 18.9 Å². The van der Waals surface area contributed by atoms with Gasteiger partial charge in [0, 0.05) is 19.1 Å². The number of nitrogens with one attached hydrogen (secondary N) is 1. The maximum Gasteiger partial charge on any atom is 0.260 e. The summed E-state index contributed by atoms with van der Waals surface area (Å²) >= 11 is 0. The topological polar surface area (TPSA) is 41.6 Å². The summed E-state index contributed by atoms with van der Waals surface area (Å²) in [5, 5.41) is 5.55. The van der Waals surface area contributed by atoms with Crippen LogP contribution < -0.4 is 10.1 Å². The van der Waals surface area contributed by atoms with E-state index < -0.39 is 0 Å². The van der Waals surface area contributed by atoms with Crippen LogP contribution in [-0.4, -0.2) is 43.6 Å². The normalized spacial score (nSPS) is 18.4. The van der Waals surface area contributed by atoms with Gasteiger partial charge in [-0.05, 0) is 42.8 Å². The second kappa shape index (κ2) is 6.79. The minimum absolute atomic E-state index is 0.0631. The molecule has 1 fully saturated rings. The molecule has 1 heterocycles. The summed E-state index contributed by atoms with van der Waals surface area (Å²) < 4.78 is 5.69. The molecule has 0 aliphatic carbocycles. The highest BCUT2D eigenvalue weighted by molar-refractivity contribution is 5.84. The minimum Gasteiger partial charge on any atom is -0.484 e. The van der Waals surface area contributed by atoms with Crippen LogP contribution in [0.4, 0.5) is 0 Å². The highest BCUT2D eigenvalue weighted by Gasteiger charge is 2.22. The molecule has 1 aliphatic heterocycles. The van der Waals surface area contributed by atoms with Crippen molar-refractivity contribution in [2.24, 2.45) is 0 Å². The highest BCUT2D eigenvalue weighted by atomic mass is 16.5. The van der Waals surface area contributed by atoms with Gasteiger partial charge in [-0.2, -0.15) is 0 Å². The van der Waals surface area contributed by atoms with E-state index in [1.807, 2.05) is 48.3 Å². The molecule has 4 heteroatoms. The summed E-state index contributed by atoms with van der Waals surface area (Å²) in [5.74, 6) is 0.808. The summed E-state index contributed by atoms with van der Waals surface area (Å²) in [6.45, 7) is 1.71. The predicted octanol–water partition coefficient (Wildman–Crippen LogP) is 2.43. The number of fused-ring (bicyclic) bond motifs is 1. The average Bonchev–Trinajstić information content (AvgIpc) is 2.59. The van der Waals surface area contributed by atoms with Crippen molar-refractivity contribution in [3.05, 3.63) is 42.5 Å². The number of amides is 1. The summed E-state index contributed by atoms with van der Waals surface area (Å²) in [6.07, 6.45) is 2.18. The lowest BCUT2D eigenvalue weighted by Gasteiger charge is -2.32. The number of carbonyl (C=O) groups excluding carboxylic acids is 1. The van der Waals surface area contributed by atoms with Crippen LogP contribution in [0.1, 0.15) is 12.8 Å². The Labute approximate surface area is 131 Å². The van der Waals surface area contributed by atoms with E-state index in [2.05, 4.69) is 11.4 Å². The van der Waals surface area contributed by atoms with Crippen LogP contribution in [0, 0.1) is 0 Å². The van der Waals surface area contributed by atoms with Gasteiger partial charge in [-0.15, -0.1) is 0 Å².